The first-order valence-corrected chi connectivity index (χ1v) is 12.0. The molecule has 0 amide bonds. The average Bonchev–Trinajstić information content (AvgIpc) is 2.89. The molecule has 3 rings (SSSR count). The van der Waals surface area contributed by atoms with Crippen LogP contribution in [0.5, 0.6) is 17.4 Å². The largest absolute Gasteiger partial charge is 0.487 e. The van der Waals surface area contributed by atoms with Gasteiger partial charge in [0, 0.05) is 18.2 Å². The Morgan fingerprint density at radius 1 is 0.889 bits per heavy atom. The van der Waals surface area contributed by atoms with E-state index in [0.717, 1.165) is 5.56 Å². The Morgan fingerprint density at radius 3 is 2.25 bits per heavy atom. The van der Waals surface area contributed by atoms with E-state index in [1.165, 1.54) is 0 Å². The predicted molar refractivity (Wildman–Crippen MR) is 138 cm³/mol. The van der Waals surface area contributed by atoms with Crippen molar-refractivity contribution >= 4 is 5.82 Å². The third-order valence-electron chi connectivity index (χ3n) is 4.93. The molecule has 36 heavy (non-hydrogen) atoms. The molecule has 192 valence electrons. The molecule has 0 saturated heterocycles. The summed E-state index contributed by atoms with van der Waals surface area (Å²) in [6.45, 7) is 9.04. The average molecular weight is 494 g/mol. The van der Waals surface area contributed by atoms with Gasteiger partial charge in [-0.15, -0.1) is 15.3 Å². The molecule has 2 N–H and O–H groups in total. The molecule has 0 aliphatic heterocycles. The Labute approximate surface area is 212 Å². The lowest BCUT2D eigenvalue weighted by Gasteiger charge is -2.27. The molecule has 0 radical (unpaired) electrons. The zero-order valence-electron chi connectivity index (χ0n) is 21.3. The summed E-state index contributed by atoms with van der Waals surface area (Å²) in [5.41, 5.74) is 0.648. The maximum absolute atomic E-state index is 10.5. The van der Waals surface area contributed by atoms with Crippen molar-refractivity contribution in [2.45, 2.75) is 52.0 Å². The van der Waals surface area contributed by atoms with Crippen molar-refractivity contribution in [2.75, 3.05) is 19.8 Å². The highest BCUT2D eigenvalue weighted by Gasteiger charge is 2.20. The minimum absolute atomic E-state index is 0.0954. The van der Waals surface area contributed by atoms with Crippen LogP contribution in [0.4, 0.5) is 5.82 Å². The molecule has 9 heteroatoms. The van der Waals surface area contributed by atoms with Crippen molar-refractivity contribution in [2.24, 2.45) is 10.2 Å². The number of rotatable bonds is 14. The lowest BCUT2D eigenvalue weighted by molar-refractivity contribution is 0.0903. The molecule has 0 bridgehead atoms. The molecule has 0 saturated carbocycles. The Bertz CT molecular complexity index is 1080. The summed E-state index contributed by atoms with van der Waals surface area (Å²) in [7, 11) is 0. The number of ether oxygens (including phenoxy) is 3. The minimum Gasteiger partial charge on any atom is -0.487 e. The van der Waals surface area contributed by atoms with Crippen LogP contribution in [-0.2, 0) is 6.61 Å². The maximum atomic E-state index is 10.5. The monoisotopic (exact) mass is 493 g/mol. The summed E-state index contributed by atoms with van der Waals surface area (Å²) < 4.78 is 17.5. The van der Waals surface area contributed by atoms with Gasteiger partial charge in [0.1, 0.15) is 25.9 Å². The molecule has 0 spiro atoms. The molecule has 1 atom stereocenters. The van der Waals surface area contributed by atoms with Crippen molar-refractivity contribution in [3.8, 4) is 17.4 Å². The van der Waals surface area contributed by atoms with E-state index >= 15 is 0 Å². The van der Waals surface area contributed by atoms with Gasteiger partial charge in [-0.1, -0.05) is 42.5 Å². The van der Waals surface area contributed by atoms with Gasteiger partial charge >= 0.3 is 0 Å². The Balaban J connectivity index is 1.41. The van der Waals surface area contributed by atoms with Gasteiger partial charge in [0.2, 0.25) is 5.88 Å². The standard InChI is InChI=1S/C27H35N5O4/c1-20(2)29-30-25-14-15-26(32-31-25)36-19-27(3,4)28-16-22(33)18-35-24-13-9-8-12-23(24)34-17-21-10-6-5-7-11-21/h5-15,20,22,28,33H,16-19H2,1-4H3. The topological polar surface area (TPSA) is 110 Å². The number of aliphatic hydroxyl groups is 1. The van der Waals surface area contributed by atoms with Crippen LogP contribution in [-0.4, -0.2) is 52.7 Å². The van der Waals surface area contributed by atoms with E-state index in [1.807, 2.05) is 82.3 Å². The van der Waals surface area contributed by atoms with Crippen molar-refractivity contribution in [1.29, 1.82) is 0 Å². The molecule has 1 heterocycles. The number of nitrogens with one attached hydrogen (secondary N) is 1. The zero-order chi connectivity index (χ0) is 25.8. The summed E-state index contributed by atoms with van der Waals surface area (Å²) in [6.07, 6.45) is -0.725. The predicted octanol–water partition coefficient (Wildman–Crippen LogP) is 4.73. The molecule has 9 nitrogen and oxygen atoms in total. The van der Waals surface area contributed by atoms with Crippen LogP contribution in [0.3, 0.4) is 0 Å². The number of β-amino-alcohol motifs (C(OH)–C–C–N with tert-alkyl or cyclic N) is 1. The number of aliphatic hydroxyl groups excluding tert-OH is 1. The number of para-hydroxylation sites is 2. The van der Waals surface area contributed by atoms with E-state index in [-0.39, 0.29) is 12.6 Å². The van der Waals surface area contributed by atoms with Gasteiger partial charge in [-0.25, -0.2) is 0 Å². The molecule has 0 fully saturated rings. The first-order chi connectivity index (χ1) is 17.3. The summed E-state index contributed by atoms with van der Waals surface area (Å²) in [5, 5.41) is 29.8. The van der Waals surface area contributed by atoms with Gasteiger partial charge in [0.05, 0.1) is 6.04 Å². The Hall–Kier alpha value is -3.56. The highest BCUT2D eigenvalue weighted by Crippen LogP contribution is 2.27. The molecule has 0 aliphatic rings. The fourth-order valence-electron chi connectivity index (χ4n) is 2.99. The van der Waals surface area contributed by atoms with Crippen LogP contribution in [0.15, 0.2) is 77.0 Å². The van der Waals surface area contributed by atoms with E-state index in [1.54, 1.807) is 12.1 Å². The van der Waals surface area contributed by atoms with Gasteiger partial charge in [0.25, 0.3) is 0 Å². The SMILES string of the molecule is CC(C)N=Nc1ccc(OCC(C)(C)NCC(O)COc2ccccc2OCc2ccccc2)nn1. The highest BCUT2D eigenvalue weighted by atomic mass is 16.5. The normalized spacial score (nSPS) is 12.6. The van der Waals surface area contributed by atoms with Gasteiger partial charge in [-0.3, -0.25) is 0 Å². The van der Waals surface area contributed by atoms with E-state index in [4.69, 9.17) is 14.2 Å². The molecule has 3 aromatic rings. The maximum Gasteiger partial charge on any atom is 0.233 e. The fourth-order valence-corrected chi connectivity index (χ4v) is 2.99. The molecular weight excluding hydrogens is 458 g/mol. The lowest BCUT2D eigenvalue weighted by atomic mass is 10.1. The third kappa shape index (κ3) is 9.59. The second-order valence-corrected chi connectivity index (χ2v) is 9.28. The van der Waals surface area contributed by atoms with Gasteiger partial charge < -0.3 is 24.6 Å². The van der Waals surface area contributed by atoms with Gasteiger partial charge in [0.15, 0.2) is 17.3 Å². The van der Waals surface area contributed by atoms with Crippen LogP contribution in [0.25, 0.3) is 0 Å². The Kier molecular flexibility index (Phi) is 10.1. The fraction of sp³-hybridized carbons (Fsp3) is 0.407. The molecule has 1 aromatic heterocycles. The van der Waals surface area contributed by atoms with E-state index < -0.39 is 11.6 Å². The van der Waals surface area contributed by atoms with Crippen LogP contribution < -0.4 is 19.5 Å². The van der Waals surface area contributed by atoms with Crippen molar-refractivity contribution in [3.63, 3.8) is 0 Å². The van der Waals surface area contributed by atoms with Crippen LogP contribution in [0, 0.1) is 0 Å². The van der Waals surface area contributed by atoms with Crippen LogP contribution >= 0.6 is 0 Å². The second-order valence-electron chi connectivity index (χ2n) is 9.28. The van der Waals surface area contributed by atoms with E-state index in [0.29, 0.717) is 43.0 Å². The number of nitrogens with zero attached hydrogens (tertiary/aromatic N) is 4. The number of benzene rings is 2. The number of hydrogen-bond donors (Lipinski definition) is 2. The lowest BCUT2D eigenvalue weighted by Crippen LogP contribution is -2.48. The summed E-state index contributed by atoms with van der Waals surface area (Å²) >= 11 is 0. The smallest absolute Gasteiger partial charge is 0.233 e. The number of aromatic nitrogens is 2. The minimum atomic E-state index is -0.725. The third-order valence-corrected chi connectivity index (χ3v) is 4.93. The molecule has 0 aliphatic carbocycles. The summed E-state index contributed by atoms with van der Waals surface area (Å²) in [5.74, 6) is 2.05. The molecular formula is C27H35N5O4. The van der Waals surface area contributed by atoms with E-state index in [2.05, 4.69) is 25.7 Å². The van der Waals surface area contributed by atoms with Gasteiger partial charge in [-0.05, 0) is 51.5 Å². The van der Waals surface area contributed by atoms with Crippen molar-refractivity contribution in [3.05, 3.63) is 72.3 Å². The van der Waals surface area contributed by atoms with E-state index in [9.17, 15) is 5.11 Å². The van der Waals surface area contributed by atoms with Crippen molar-refractivity contribution in [1.82, 2.24) is 15.5 Å². The van der Waals surface area contributed by atoms with Crippen molar-refractivity contribution < 1.29 is 19.3 Å². The number of azo groups is 1. The number of hydrogen-bond acceptors (Lipinski definition) is 9. The summed E-state index contributed by atoms with van der Waals surface area (Å²) in [4.78, 5) is 0. The summed E-state index contributed by atoms with van der Waals surface area (Å²) in [6, 6.07) is 20.9. The first kappa shape index (κ1) is 27.0. The van der Waals surface area contributed by atoms with Crippen LogP contribution in [0.1, 0.15) is 33.3 Å². The quantitative estimate of drug-likeness (QED) is 0.312. The molecule has 1 unspecified atom stereocenters. The zero-order valence-corrected chi connectivity index (χ0v) is 21.3. The molecule has 2 aromatic carbocycles. The Morgan fingerprint density at radius 2 is 1.58 bits per heavy atom. The first-order valence-electron chi connectivity index (χ1n) is 12.0. The van der Waals surface area contributed by atoms with Crippen LogP contribution in [0.2, 0.25) is 0 Å². The highest BCUT2D eigenvalue weighted by molar-refractivity contribution is 5.39. The second kappa shape index (κ2) is 13.5. The van der Waals surface area contributed by atoms with Gasteiger partial charge in [-0.2, -0.15) is 5.11 Å².